The fourth-order valence-corrected chi connectivity index (χ4v) is 4.18. The van der Waals surface area contributed by atoms with E-state index in [1.807, 2.05) is 20.8 Å². The predicted octanol–water partition coefficient (Wildman–Crippen LogP) is 1.64. The van der Waals surface area contributed by atoms with Gasteiger partial charge in [-0.05, 0) is 19.1 Å². The van der Waals surface area contributed by atoms with Crippen LogP contribution in [0.15, 0.2) is 26.2 Å². The Kier molecular flexibility index (Phi) is 6.11. The van der Waals surface area contributed by atoms with E-state index in [0.29, 0.717) is 44.4 Å². The maximum atomic E-state index is 12.8. The first-order valence-electron chi connectivity index (χ1n) is 9.44. The number of sulfonamides is 1. The van der Waals surface area contributed by atoms with E-state index in [1.54, 1.807) is 6.92 Å². The molecule has 29 heavy (non-hydrogen) atoms. The summed E-state index contributed by atoms with van der Waals surface area (Å²) in [4.78, 5) is 18.2. The largest absolute Gasteiger partial charge is 0.460 e. The van der Waals surface area contributed by atoms with E-state index >= 15 is 0 Å². The average Bonchev–Trinajstić information content (AvgIpc) is 3.32. The van der Waals surface area contributed by atoms with Crippen LogP contribution >= 0.6 is 0 Å². The molecule has 1 saturated heterocycles. The van der Waals surface area contributed by atoms with Gasteiger partial charge in [-0.1, -0.05) is 25.9 Å². The Morgan fingerprint density at radius 3 is 2.48 bits per heavy atom. The molecule has 0 spiro atoms. The van der Waals surface area contributed by atoms with Crippen molar-refractivity contribution in [3.63, 3.8) is 0 Å². The van der Waals surface area contributed by atoms with Crippen molar-refractivity contribution in [2.24, 2.45) is 0 Å². The van der Waals surface area contributed by atoms with Crippen molar-refractivity contribution >= 4 is 16.0 Å². The molecule has 0 amide bonds. The second-order valence-corrected chi connectivity index (χ2v) is 9.65. The molecule has 2 aromatic rings. The number of ether oxygens (including phenoxy) is 1. The maximum absolute atomic E-state index is 12.8. The first kappa shape index (κ1) is 21.5. The molecule has 0 bridgehead atoms. The Balaban J connectivity index is 1.60. The molecule has 10 nitrogen and oxygen atoms in total. The van der Waals surface area contributed by atoms with E-state index < -0.39 is 16.0 Å². The van der Waals surface area contributed by atoms with Crippen LogP contribution in [0, 0.1) is 0 Å². The fraction of sp³-hybridized carbons (Fsp3) is 0.611. The van der Waals surface area contributed by atoms with Gasteiger partial charge in [0.15, 0.2) is 5.82 Å². The number of piperazine rings is 1. The van der Waals surface area contributed by atoms with Gasteiger partial charge in [-0.15, -0.1) is 0 Å². The molecule has 1 fully saturated rings. The van der Waals surface area contributed by atoms with Crippen molar-refractivity contribution in [1.82, 2.24) is 19.3 Å². The second kappa shape index (κ2) is 8.25. The Morgan fingerprint density at radius 2 is 1.90 bits per heavy atom. The molecular weight excluding hydrogens is 400 g/mol. The van der Waals surface area contributed by atoms with Gasteiger partial charge in [-0.2, -0.15) is 9.29 Å². The van der Waals surface area contributed by atoms with Gasteiger partial charge in [0.1, 0.15) is 0 Å². The fourth-order valence-electron chi connectivity index (χ4n) is 2.85. The number of nitrogens with zero attached hydrogens (tertiary/aromatic N) is 4. The van der Waals surface area contributed by atoms with E-state index in [9.17, 15) is 13.2 Å². The Labute approximate surface area is 169 Å². The Morgan fingerprint density at radius 1 is 1.21 bits per heavy atom. The van der Waals surface area contributed by atoms with Crippen molar-refractivity contribution in [2.75, 3.05) is 32.8 Å². The lowest BCUT2D eigenvalue weighted by Crippen LogP contribution is -2.48. The Bertz CT molecular complexity index is 951. The van der Waals surface area contributed by atoms with Gasteiger partial charge in [0.05, 0.1) is 13.2 Å². The predicted molar refractivity (Wildman–Crippen MR) is 102 cm³/mol. The second-order valence-electron chi connectivity index (χ2n) is 7.79. The lowest BCUT2D eigenvalue weighted by atomic mass is 9.97. The number of hydrogen-bond acceptors (Lipinski definition) is 9. The van der Waals surface area contributed by atoms with Crippen molar-refractivity contribution in [3.8, 4) is 0 Å². The van der Waals surface area contributed by atoms with Gasteiger partial charge in [-0.3, -0.25) is 4.90 Å². The molecule has 0 unspecified atom stereocenters. The zero-order valence-corrected chi connectivity index (χ0v) is 17.9. The van der Waals surface area contributed by atoms with E-state index in [1.165, 1.54) is 16.4 Å². The molecule has 0 aromatic carbocycles. The number of esters is 1. The lowest BCUT2D eigenvalue weighted by molar-refractivity contribution is 0.0483. The highest BCUT2D eigenvalue weighted by molar-refractivity contribution is 7.89. The topological polar surface area (TPSA) is 119 Å². The van der Waals surface area contributed by atoms with Crippen molar-refractivity contribution < 1.29 is 26.9 Å². The third-order valence-corrected chi connectivity index (χ3v) is 6.23. The van der Waals surface area contributed by atoms with Crippen LogP contribution in [-0.4, -0.2) is 66.5 Å². The van der Waals surface area contributed by atoms with E-state index in [4.69, 9.17) is 13.7 Å². The van der Waals surface area contributed by atoms with Crippen LogP contribution in [0.5, 0.6) is 0 Å². The van der Waals surface area contributed by atoms with E-state index in [2.05, 4.69) is 15.0 Å². The minimum atomic E-state index is -3.82. The molecule has 0 N–H and O–H groups in total. The van der Waals surface area contributed by atoms with Gasteiger partial charge >= 0.3 is 5.97 Å². The highest BCUT2D eigenvalue weighted by Gasteiger charge is 2.32. The lowest BCUT2D eigenvalue weighted by Gasteiger charge is -2.32. The molecule has 3 heterocycles. The van der Waals surface area contributed by atoms with E-state index in [0.717, 1.165) is 0 Å². The minimum absolute atomic E-state index is 0.129. The van der Waals surface area contributed by atoms with Crippen molar-refractivity contribution in [3.05, 3.63) is 29.6 Å². The molecule has 0 atom stereocenters. The molecule has 3 rings (SSSR count). The summed E-state index contributed by atoms with van der Waals surface area (Å²) >= 11 is 0. The molecule has 0 aliphatic carbocycles. The molecule has 160 valence electrons. The molecule has 1 aliphatic heterocycles. The maximum Gasteiger partial charge on any atom is 0.374 e. The van der Waals surface area contributed by atoms with Crippen LogP contribution in [0.4, 0.5) is 0 Å². The summed E-state index contributed by atoms with van der Waals surface area (Å²) in [6.07, 6.45) is 0. The normalized spacial score (nSPS) is 16.8. The number of carbonyl (C=O) groups is 1. The van der Waals surface area contributed by atoms with Crippen LogP contribution in [-0.2, 0) is 26.7 Å². The monoisotopic (exact) mass is 426 g/mol. The highest BCUT2D eigenvalue weighted by Crippen LogP contribution is 2.22. The van der Waals surface area contributed by atoms with Gasteiger partial charge in [-0.25, -0.2) is 13.2 Å². The van der Waals surface area contributed by atoms with Gasteiger partial charge in [0.25, 0.3) is 10.0 Å². The zero-order valence-electron chi connectivity index (χ0n) is 17.0. The van der Waals surface area contributed by atoms with Gasteiger partial charge in [0, 0.05) is 31.6 Å². The summed E-state index contributed by atoms with van der Waals surface area (Å²) in [7, 11) is -3.82. The first-order chi connectivity index (χ1) is 13.6. The Hall–Kier alpha value is -2.24. The molecule has 11 heteroatoms. The SMILES string of the molecule is CCOC(=O)c1ccc(S(=O)(=O)N2CCN(Cc3noc(C(C)(C)C)n3)CC2)o1. The van der Waals surface area contributed by atoms with Crippen LogP contribution in [0.3, 0.4) is 0 Å². The van der Waals surface area contributed by atoms with Crippen LogP contribution in [0.2, 0.25) is 0 Å². The highest BCUT2D eigenvalue weighted by atomic mass is 32.2. The average molecular weight is 426 g/mol. The standard InChI is InChI=1S/C18H26N4O6S/c1-5-26-16(23)13-6-7-15(27-13)29(24,25)22-10-8-21(9-11-22)12-14-19-17(28-20-14)18(2,3)4/h6-7H,5,8-12H2,1-4H3. The molecule has 0 saturated carbocycles. The third-order valence-electron chi connectivity index (χ3n) is 4.46. The number of carbonyl (C=O) groups excluding carboxylic acids is 1. The summed E-state index contributed by atoms with van der Waals surface area (Å²) in [6.45, 7) is 9.94. The number of rotatable bonds is 6. The van der Waals surface area contributed by atoms with E-state index in [-0.39, 0.29) is 22.9 Å². The van der Waals surface area contributed by atoms with Crippen LogP contribution in [0.25, 0.3) is 0 Å². The third kappa shape index (κ3) is 4.85. The molecular formula is C18H26N4O6S. The summed E-state index contributed by atoms with van der Waals surface area (Å²) in [5.74, 6) is 0.338. The summed E-state index contributed by atoms with van der Waals surface area (Å²) < 4.78 is 42.3. The first-order valence-corrected chi connectivity index (χ1v) is 10.9. The van der Waals surface area contributed by atoms with Crippen molar-refractivity contribution in [1.29, 1.82) is 0 Å². The minimum Gasteiger partial charge on any atom is -0.460 e. The molecule has 0 radical (unpaired) electrons. The number of hydrogen-bond donors (Lipinski definition) is 0. The quantitative estimate of drug-likeness (QED) is 0.635. The molecule has 2 aromatic heterocycles. The summed E-state index contributed by atoms with van der Waals surface area (Å²) in [5.41, 5.74) is -0.219. The van der Waals surface area contributed by atoms with Crippen LogP contribution in [0.1, 0.15) is 50.0 Å². The van der Waals surface area contributed by atoms with Gasteiger partial charge < -0.3 is 13.7 Å². The number of furan rings is 1. The smallest absolute Gasteiger partial charge is 0.374 e. The zero-order chi connectivity index (χ0) is 21.2. The van der Waals surface area contributed by atoms with Crippen LogP contribution < -0.4 is 0 Å². The number of aromatic nitrogens is 2. The van der Waals surface area contributed by atoms with Crippen molar-refractivity contribution in [2.45, 2.75) is 44.7 Å². The molecule has 1 aliphatic rings. The summed E-state index contributed by atoms with van der Waals surface area (Å²) in [6, 6.07) is 2.59. The van der Waals surface area contributed by atoms with Gasteiger partial charge in [0.2, 0.25) is 16.7 Å². The summed E-state index contributed by atoms with van der Waals surface area (Å²) in [5, 5.41) is 3.75.